The molecule has 0 radical (unpaired) electrons. The van der Waals surface area contributed by atoms with Crippen LogP contribution >= 0.6 is 11.6 Å². The van der Waals surface area contributed by atoms with E-state index in [-0.39, 0.29) is 12.0 Å². The van der Waals surface area contributed by atoms with Crippen LogP contribution in [0.2, 0.25) is 5.02 Å². The largest absolute Gasteiger partial charge is 0.370 e. The van der Waals surface area contributed by atoms with E-state index in [0.717, 1.165) is 11.1 Å². The number of benzene rings is 2. The number of hydrogen-bond donors (Lipinski definition) is 1. The Morgan fingerprint density at radius 1 is 1.21 bits per heavy atom. The van der Waals surface area contributed by atoms with Gasteiger partial charge < -0.3 is 15.4 Å². The van der Waals surface area contributed by atoms with Crippen LogP contribution in [0.4, 0.5) is 0 Å². The first-order chi connectivity index (χ1) is 11.5. The van der Waals surface area contributed by atoms with Gasteiger partial charge in [-0.15, -0.1) is 0 Å². The fraction of sp³-hybridized carbons (Fsp3) is 0.316. The molecule has 1 heterocycles. The highest BCUT2D eigenvalue weighted by Crippen LogP contribution is 2.27. The molecule has 2 atom stereocenters. The lowest BCUT2D eigenvalue weighted by atomic mass is 9.91. The Morgan fingerprint density at radius 3 is 2.54 bits per heavy atom. The van der Waals surface area contributed by atoms with Gasteiger partial charge in [-0.1, -0.05) is 54.1 Å². The Hall–Kier alpha value is -1.88. The molecule has 5 heteroatoms. The van der Waals surface area contributed by atoms with E-state index in [1.807, 2.05) is 54.6 Å². The Balaban J connectivity index is 1.76. The van der Waals surface area contributed by atoms with Crippen molar-refractivity contribution in [3.8, 4) is 0 Å². The van der Waals surface area contributed by atoms with Gasteiger partial charge in [0.05, 0.1) is 13.2 Å². The highest BCUT2D eigenvalue weighted by atomic mass is 35.5. The van der Waals surface area contributed by atoms with E-state index in [2.05, 4.69) is 0 Å². The molecule has 1 amide bonds. The van der Waals surface area contributed by atoms with E-state index >= 15 is 0 Å². The first-order valence-electron chi connectivity index (χ1n) is 7.99. The van der Waals surface area contributed by atoms with Crippen LogP contribution in [0.25, 0.3) is 0 Å². The molecule has 24 heavy (non-hydrogen) atoms. The van der Waals surface area contributed by atoms with Gasteiger partial charge in [0.2, 0.25) is 5.91 Å². The minimum absolute atomic E-state index is 0.0871. The molecule has 0 spiro atoms. The highest BCUT2D eigenvalue weighted by Gasteiger charge is 2.37. The molecular weight excluding hydrogens is 324 g/mol. The summed E-state index contributed by atoms with van der Waals surface area (Å²) in [7, 11) is 0. The molecule has 2 aromatic rings. The van der Waals surface area contributed by atoms with Gasteiger partial charge in [-0.05, 0) is 30.2 Å². The number of carbonyl (C=O) groups excluding carboxylic acids is 1. The molecule has 126 valence electrons. The second-order valence-corrected chi connectivity index (χ2v) is 6.67. The van der Waals surface area contributed by atoms with Gasteiger partial charge in [0.25, 0.3) is 0 Å². The maximum absolute atomic E-state index is 13.0. The molecule has 2 unspecified atom stereocenters. The van der Waals surface area contributed by atoms with Crippen molar-refractivity contribution in [3.63, 3.8) is 0 Å². The van der Waals surface area contributed by atoms with Crippen molar-refractivity contribution in [2.45, 2.75) is 18.6 Å². The van der Waals surface area contributed by atoms with Crippen LogP contribution in [0, 0.1) is 0 Å². The smallest absolute Gasteiger partial charge is 0.247 e. The summed E-state index contributed by atoms with van der Waals surface area (Å²) in [6, 6.07) is 17.0. The summed E-state index contributed by atoms with van der Waals surface area (Å²) >= 11 is 5.94. The van der Waals surface area contributed by atoms with Gasteiger partial charge in [0, 0.05) is 11.6 Å². The zero-order chi connectivity index (χ0) is 17.2. The van der Waals surface area contributed by atoms with Gasteiger partial charge in [0.1, 0.15) is 11.6 Å². The van der Waals surface area contributed by atoms with Gasteiger partial charge in [0.15, 0.2) is 0 Å². The van der Waals surface area contributed by atoms with Crippen LogP contribution in [0.15, 0.2) is 54.6 Å². The average molecular weight is 345 g/mol. The lowest BCUT2D eigenvalue weighted by Gasteiger charge is -2.37. The number of amides is 1. The molecule has 0 saturated carbocycles. The molecule has 0 bridgehead atoms. The zero-order valence-corrected chi connectivity index (χ0v) is 14.4. The fourth-order valence-electron chi connectivity index (χ4n) is 2.95. The summed E-state index contributed by atoms with van der Waals surface area (Å²) in [5.74, 6) is -0.0871. The summed E-state index contributed by atoms with van der Waals surface area (Å²) in [6.07, 6.45) is -0.161. The fourth-order valence-corrected chi connectivity index (χ4v) is 3.08. The van der Waals surface area contributed by atoms with Crippen LogP contribution in [0.5, 0.6) is 0 Å². The van der Waals surface area contributed by atoms with Crippen molar-refractivity contribution >= 4 is 17.5 Å². The summed E-state index contributed by atoms with van der Waals surface area (Å²) in [6.45, 7) is 3.28. The molecule has 2 N–H and O–H groups in total. The summed E-state index contributed by atoms with van der Waals surface area (Å²) < 4.78 is 5.82. The molecule has 2 aromatic carbocycles. The lowest BCUT2D eigenvalue weighted by Crippen LogP contribution is -2.54. The van der Waals surface area contributed by atoms with E-state index in [9.17, 15) is 4.79 Å². The number of nitrogens with zero attached hydrogens (tertiary/aromatic N) is 1. The number of ether oxygens (including phenoxy) is 1. The first kappa shape index (κ1) is 17.0. The molecular formula is C19H21ClN2O2. The van der Waals surface area contributed by atoms with Crippen LogP contribution < -0.4 is 5.73 Å². The molecule has 1 aliphatic rings. The normalized spacial score (nSPS) is 20.5. The topological polar surface area (TPSA) is 55.6 Å². The minimum Gasteiger partial charge on any atom is -0.370 e. The standard InChI is InChI=1S/C19H21ClN2O2/c1-19(21,15-5-3-2-4-6-15)18(23)22-11-12-24-17(13-22)14-7-9-16(20)10-8-14/h2-10,17H,11-13,21H2,1H3. The van der Waals surface area contributed by atoms with Crippen LogP contribution in [0.1, 0.15) is 24.2 Å². The average Bonchev–Trinajstić information content (AvgIpc) is 2.62. The maximum atomic E-state index is 13.0. The molecule has 1 fully saturated rings. The van der Waals surface area contributed by atoms with Crippen molar-refractivity contribution in [3.05, 3.63) is 70.7 Å². The zero-order valence-electron chi connectivity index (χ0n) is 13.6. The molecule has 1 saturated heterocycles. The Bertz CT molecular complexity index is 701. The maximum Gasteiger partial charge on any atom is 0.247 e. The monoisotopic (exact) mass is 344 g/mol. The van der Waals surface area contributed by atoms with Gasteiger partial charge in [-0.3, -0.25) is 4.79 Å². The summed E-state index contributed by atoms with van der Waals surface area (Å²) in [5.41, 5.74) is 7.13. The molecule has 0 aliphatic carbocycles. The lowest BCUT2D eigenvalue weighted by molar-refractivity contribution is -0.144. The van der Waals surface area contributed by atoms with E-state index in [4.69, 9.17) is 22.1 Å². The molecule has 3 rings (SSSR count). The van der Waals surface area contributed by atoms with Crippen molar-refractivity contribution in [1.29, 1.82) is 0 Å². The number of hydrogen-bond acceptors (Lipinski definition) is 3. The van der Waals surface area contributed by atoms with Crippen LogP contribution in [-0.2, 0) is 15.1 Å². The first-order valence-corrected chi connectivity index (χ1v) is 8.37. The van der Waals surface area contributed by atoms with Crippen molar-refractivity contribution in [2.24, 2.45) is 5.73 Å². The minimum atomic E-state index is -1.05. The van der Waals surface area contributed by atoms with Gasteiger partial charge in [-0.2, -0.15) is 0 Å². The third-order valence-electron chi connectivity index (χ3n) is 4.41. The Kier molecular flexibility index (Phi) is 4.90. The third kappa shape index (κ3) is 3.46. The number of halogens is 1. The van der Waals surface area contributed by atoms with Crippen molar-refractivity contribution in [1.82, 2.24) is 4.90 Å². The predicted molar refractivity (Wildman–Crippen MR) is 94.7 cm³/mol. The second kappa shape index (κ2) is 6.93. The number of carbonyl (C=O) groups is 1. The number of rotatable bonds is 3. The van der Waals surface area contributed by atoms with E-state index in [1.165, 1.54) is 0 Å². The van der Waals surface area contributed by atoms with E-state index in [0.29, 0.717) is 24.7 Å². The van der Waals surface area contributed by atoms with E-state index in [1.54, 1.807) is 11.8 Å². The van der Waals surface area contributed by atoms with Crippen LogP contribution in [-0.4, -0.2) is 30.5 Å². The summed E-state index contributed by atoms with van der Waals surface area (Å²) in [5, 5.41) is 0.682. The molecule has 0 aromatic heterocycles. The molecule has 1 aliphatic heterocycles. The quantitative estimate of drug-likeness (QED) is 0.930. The highest BCUT2D eigenvalue weighted by molar-refractivity contribution is 6.30. The Morgan fingerprint density at radius 2 is 1.88 bits per heavy atom. The number of morpholine rings is 1. The Labute approximate surface area is 147 Å². The third-order valence-corrected chi connectivity index (χ3v) is 4.67. The van der Waals surface area contributed by atoms with Crippen LogP contribution in [0.3, 0.4) is 0 Å². The van der Waals surface area contributed by atoms with Gasteiger partial charge in [-0.25, -0.2) is 0 Å². The second-order valence-electron chi connectivity index (χ2n) is 6.23. The SMILES string of the molecule is CC(N)(C(=O)N1CCOC(c2ccc(Cl)cc2)C1)c1ccccc1. The van der Waals surface area contributed by atoms with E-state index < -0.39 is 5.54 Å². The van der Waals surface area contributed by atoms with Gasteiger partial charge >= 0.3 is 0 Å². The summed E-state index contributed by atoms with van der Waals surface area (Å²) in [4.78, 5) is 14.8. The van der Waals surface area contributed by atoms with Crippen molar-refractivity contribution in [2.75, 3.05) is 19.7 Å². The van der Waals surface area contributed by atoms with Crippen molar-refractivity contribution < 1.29 is 9.53 Å². The molecule has 4 nitrogen and oxygen atoms in total. The number of nitrogens with two attached hydrogens (primary N) is 1. The predicted octanol–water partition coefficient (Wildman–Crippen LogP) is 3.11.